The Hall–Kier alpha value is -0.770. The monoisotopic (exact) mass is 212 g/mol. The molecule has 1 rings (SSSR count). The van der Waals surface area contributed by atoms with Crippen molar-refractivity contribution >= 4 is 5.96 Å². The SMILES string of the molecule is CCCN=C(NN)N1CCCC(C)CC1. The predicted molar refractivity (Wildman–Crippen MR) is 64.5 cm³/mol. The van der Waals surface area contributed by atoms with Crippen molar-refractivity contribution in [3.05, 3.63) is 0 Å². The van der Waals surface area contributed by atoms with E-state index in [0.717, 1.165) is 37.9 Å². The molecule has 0 radical (unpaired) electrons. The lowest BCUT2D eigenvalue weighted by Gasteiger charge is -2.23. The van der Waals surface area contributed by atoms with Crippen molar-refractivity contribution in [1.82, 2.24) is 10.3 Å². The normalized spacial score (nSPS) is 23.8. The molecule has 4 nitrogen and oxygen atoms in total. The van der Waals surface area contributed by atoms with E-state index in [1.165, 1.54) is 19.3 Å². The maximum absolute atomic E-state index is 5.51. The van der Waals surface area contributed by atoms with E-state index in [1.807, 2.05) is 0 Å². The maximum Gasteiger partial charge on any atom is 0.208 e. The molecule has 1 atom stereocenters. The number of nitrogens with zero attached hydrogens (tertiary/aromatic N) is 2. The van der Waals surface area contributed by atoms with Crippen LogP contribution < -0.4 is 11.3 Å². The minimum absolute atomic E-state index is 0.834. The fourth-order valence-electron chi connectivity index (χ4n) is 1.93. The summed E-state index contributed by atoms with van der Waals surface area (Å²) in [6.45, 7) is 7.46. The molecule has 88 valence electrons. The van der Waals surface area contributed by atoms with Crippen LogP contribution in [0.2, 0.25) is 0 Å². The van der Waals surface area contributed by atoms with E-state index < -0.39 is 0 Å². The van der Waals surface area contributed by atoms with Gasteiger partial charge in [0.25, 0.3) is 0 Å². The third-order valence-corrected chi connectivity index (χ3v) is 2.93. The van der Waals surface area contributed by atoms with E-state index in [2.05, 4.69) is 29.2 Å². The summed E-state index contributed by atoms with van der Waals surface area (Å²) in [5.41, 5.74) is 2.73. The molecule has 4 heteroatoms. The molecule has 0 aliphatic carbocycles. The first-order valence-corrected chi connectivity index (χ1v) is 6.04. The third kappa shape index (κ3) is 4.08. The molecule has 1 heterocycles. The van der Waals surface area contributed by atoms with Gasteiger partial charge in [0.15, 0.2) is 0 Å². The van der Waals surface area contributed by atoms with Crippen LogP contribution >= 0.6 is 0 Å². The zero-order chi connectivity index (χ0) is 11.1. The van der Waals surface area contributed by atoms with Crippen molar-refractivity contribution in [2.24, 2.45) is 16.8 Å². The summed E-state index contributed by atoms with van der Waals surface area (Å²) < 4.78 is 0. The van der Waals surface area contributed by atoms with Gasteiger partial charge >= 0.3 is 0 Å². The molecule has 0 bridgehead atoms. The molecule has 3 N–H and O–H groups in total. The number of hydrogen-bond donors (Lipinski definition) is 2. The van der Waals surface area contributed by atoms with Crippen LogP contribution in [0.4, 0.5) is 0 Å². The van der Waals surface area contributed by atoms with Crippen LogP contribution in [-0.4, -0.2) is 30.5 Å². The quantitative estimate of drug-likeness (QED) is 0.314. The number of likely N-dealkylation sites (tertiary alicyclic amines) is 1. The van der Waals surface area contributed by atoms with Crippen LogP contribution in [0.3, 0.4) is 0 Å². The zero-order valence-corrected chi connectivity index (χ0v) is 10.00. The average molecular weight is 212 g/mol. The van der Waals surface area contributed by atoms with Gasteiger partial charge in [0, 0.05) is 19.6 Å². The lowest BCUT2D eigenvalue weighted by molar-refractivity contribution is 0.409. The standard InChI is InChI=1S/C11H24N4/c1-3-7-13-11(14-12)15-8-4-5-10(2)6-9-15/h10H,3-9,12H2,1-2H3,(H,13,14). The molecule has 1 fully saturated rings. The highest BCUT2D eigenvalue weighted by Gasteiger charge is 2.15. The van der Waals surface area contributed by atoms with Crippen molar-refractivity contribution < 1.29 is 0 Å². The predicted octanol–water partition coefficient (Wildman–Crippen LogP) is 1.34. The smallest absolute Gasteiger partial charge is 0.208 e. The van der Waals surface area contributed by atoms with E-state index in [9.17, 15) is 0 Å². The Bertz CT molecular complexity index is 203. The largest absolute Gasteiger partial charge is 0.342 e. The molecule has 15 heavy (non-hydrogen) atoms. The Balaban J connectivity index is 2.51. The molecule has 1 aliphatic rings. The molecule has 0 saturated carbocycles. The van der Waals surface area contributed by atoms with Gasteiger partial charge in [-0.1, -0.05) is 13.8 Å². The lowest BCUT2D eigenvalue weighted by Crippen LogP contribution is -2.45. The van der Waals surface area contributed by atoms with E-state index in [-0.39, 0.29) is 0 Å². The Kier molecular flexibility index (Phi) is 5.47. The minimum atomic E-state index is 0.834. The van der Waals surface area contributed by atoms with Gasteiger partial charge in [-0.3, -0.25) is 10.4 Å². The number of aliphatic imine (C=N–C) groups is 1. The lowest BCUT2D eigenvalue weighted by atomic mass is 10.0. The summed E-state index contributed by atoms with van der Waals surface area (Å²) in [5.74, 6) is 7.21. The van der Waals surface area contributed by atoms with Crippen LogP contribution in [0.25, 0.3) is 0 Å². The number of rotatable bonds is 2. The number of hydrogen-bond acceptors (Lipinski definition) is 2. The fourth-order valence-corrected chi connectivity index (χ4v) is 1.93. The summed E-state index contributed by atoms with van der Waals surface area (Å²) >= 11 is 0. The Morgan fingerprint density at radius 3 is 2.93 bits per heavy atom. The molecule has 1 aliphatic heterocycles. The highest BCUT2D eigenvalue weighted by molar-refractivity contribution is 5.79. The average Bonchev–Trinajstić information content (AvgIpc) is 2.45. The van der Waals surface area contributed by atoms with Gasteiger partial charge in [0.2, 0.25) is 5.96 Å². The van der Waals surface area contributed by atoms with Crippen LogP contribution in [0, 0.1) is 5.92 Å². The van der Waals surface area contributed by atoms with Crippen molar-refractivity contribution in [2.45, 2.75) is 39.5 Å². The van der Waals surface area contributed by atoms with Gasteiger partial charge < -0.3 is 4.90 Å². The summed E-state index contributed by atoms with van der Waals surface area (Å²) in [6.07, 6.45) is 4.87. The summed E-state index contributed by atoms with van der Waals surface area (Å²) in [7, 11) is 0. The van der Waals surface area contributed by atoms with Crippen molar-refractivity contribution in [3.63, 3.8) is 0 Å². The Morgan fingerprint density at radius 2 is 2.27 bits per heavy atom. The summed E-state index contributed by atoms with van der Waals surface area (Å²) in [5, 5.41) is 0. The van der Waals surface area contributed by atoms with E-state index in [0.29, 0.717) is 0 Å². The van der Waals surface area contributed by atoms with Crippen LogP contribution in [-0.2, 0) is 0 Å². The maximum atomic E-state index is 5.51. The molecule has 1 saturated heterocycles. The molecule has 0 amide bonds. The topological polar surface area (TPSA) is 53.6 Å². The minimum Gasteiger partial charge on any atom is -0.342 e. The second-order valence-corrected chi connectivity index (χ2v) is 4.37. The van der Waals surface area contributed by atoms with Gasteiger partial charge in [0.1, 0.15) is 0 Å². The number of nitrogens with one attached hydrogen (secondary N) is 1. The summed E-state index contributed by atoms with van der Waals surface area (Å²) in [4.78, 5) is 6.73. The number of hydrazine groups is 1. The van der Waals surface area contributed by atoms with Crippen LogP contribution in [0.15, 0.2) is 4.99 Å². The first kappa shape index (κ1) is 12.3. The molecule has 0 spiro atoms. The second-order valence-electron chi connectivity index (χ2n) is 4.37. The fraction of sp³-hybridized carbons (Fsp3) is 0.909. The van der Waals surface area contributed by atoms with Gasteiger partial charge in [0.05, 0.1) is 0 Å². The summed E-state index contributed by atoms with van der Waals surface area (Å²) in [6, 6.07) is 0. The van der Waals surface area contributed by atoms with E-state index >= 15 is 0 Å². The molecule has 0 aromatic rings. The number of guanidine groups is 1. The van der Waals surface area contributed by atoms with Gasteiger partial charge in [-0.2, -0.15) is 0 Å². The zero-order valence-electron chi connectivity index (χ0n) is 10.00. The molecule has 1 unspecified atom stereocenters. The molecule has 0 aromatic heterocycles. The van der Waals surface area contributed by atoms with E-state index in [4.69, 9.17) is 5.84 Å². The van der Waals surface area contributed by atoms with Crippen molar-refractivity contribution in [2.75, 3.05) is 19.6 Å². The number of nitrogens with two attached hydrogens (primary N) is 1. The second kappa shape index (κ2) is 6.67. The van der Waals surface area contributed by atoms with Crippen molar-refractivity contribution in [1.29, 1.82) is 0 Å². The van der Waals surface area contributed by atoms with Crippen LogP contribution in [0.1, 0.15) is 39.5 Å². The Morgan fingerprint density at radius 1 is 1.47 bits per heavy atom. The first-order chi connectivity index (χ1) is 7.27. The van der Waals surface area contributed by atoms with Crippen molar-refractivity contribution in [3.8, 4) is 0 Å². The van der Waals surface area contributed by atoms with Gasteiger partial charge in [-0.15, -0.1) is 0 Å². The van der Waals surface area contributed by atoms with Gasteiger partial charge in [-0.05, 0) is 31.6 Å². The van der Waals surface area contributed by atoms with Crippen LogP contribution in [0.5, 0.6) is 0 Å². The van der Waals surface area contributed by atoms with E-state index in [1.54, 1.807) is 0 Å². The molecular weight excluding hydrogens is 188 g/mol. The Labute approximate surface area is 92.9 Å². The molecular formula is C11H24N4. The van der Waals surface area contributed by atoms with Gasteiger partial charge in [-0.25, -0.2) is 5.84 Å². The molecule has 0 aromatic carbocycles. The highest BCUT2D eigenvalue weighted by Crippen LogP contribution is 2.16. The first-order valence-electron chi connectivity index (χ1n) is 6.04. The highest BCUT2D eigenvalue weighted by atomic mass is 15.4. The third-order valence-electron chi connectivity index (χ3n) is 2.93.